The van der Waals surface area contributed by atoms with Gasteiger partial charge in [-0.1, -0.05) is 267 Å². The van der Waals surface area contributed by atoms with E-state index in [1.807, 2.05) is 0 Å². The largest absolute Gasteiger partial charge is 0.462 e. The van der Waals surface area contributed by atoms with Gasteiger partial charge in [0.1, 0.15) is 13.2 Å². The number of esters is 3. The van der Waals surface area contributed by atoms with E-state index in [0.29, 0.717) is 19.3 Å². The van der Waals surface area contributed by atoms with Gasteiger partial charge in [-0.15, -0.1) is 0 Å². The molecule has 83 heavy (non-hydrogen) atoms. The summed E-state index contributed by atoms with van der Waals surface area (Å²) in [6, 6.07) is 0. The lowest BCUT2D eigenvalue weighted by Gasteiger charge is -2.18. The lowest BCUT2D eigenvalue weighted by molar-refractivity contribution is -0.167. The molecule has 1 unspecified atom stereocenters. The molecule has 0 saturated carbocycles. The van der Waals surface area contributed by atoms with Crippen molar-refractivity contribution < 1.29 is 28.6 Å². The van der Waals surface area contributed by atoms with Crippen molar-refractivity contribution in [2.75, 3.05) is 13.2 Å². The summed E-state index contributed by atoms with van der Waals surface area (Å²) in [5.74, 6) is -0.990. The molecule has 1 atom stereocenters. The first-order valence-electron chi connectivity index (χ1n) is 32.9. The molecular weight excluding hydrogens is 1020 g/mol. The summed E-state index contributed by atoms with van der Waals surface area (Å²) in [5.41, 5.74) is 0. The van der Waals surface area contributed by atoms with Crippen LogP contribution in [0.1, 0.15) is 252 Å². The molecule has 0 rings (SSSR count). The number of unbranched alkanes of at least 4 members (excludes halogenated alkanes) is 14. The molecule has 0 aliphatic carbocycles. The molecule has 0 amide bonds. The van der Waals surface area contributed by atoms with Gasteiger partial charge in [0.25, 0.3) is 0 Å². The van der Waals surface area contributed by atoms with Gasteiger partial charge < -0.3 is 14.2 Å². The number of ether oxygens (including phenoxy) is 3. The summed E-state index contributed by atoms with van der Waals surface area (Å²) >= 11 is 0. The first kappa shape index (κ1) is 77.2. The Bertz CT molecular complexity index is 1990. The molecular formula is C77H118O6. The quantitative estimate of drug-likeness (QED) is 0.0261. The predicted molar refractivity (Wildman–Crippen MR) is 361 cm³/mol. The van der Waals surface area contributed by atoms with Gasteiger partial charge in [0.05, 0.1) is 0 Å². The highest BCUT2D eigenvalue weighted by Gasteiger charge is 2.19. The number of allylic oxidation sites excluding steroid dienone is 32. The van der Waals surface area contributed by atoms with Gasteiger partial charge >= 0.3 is 17.9 Å². The van der Waals surface area contributed by atoms with E-state index in [2.05, 4.69) is 215 Å². The van der Waals surface area contributed by atoms with Gasteiger partial charge in [0.2, 0.25) is 0 Å². The van der Waals surface area contributed by atoms with E-state index in [-0.39, 0.29) is 31.1 Å². The van der Waals surface area contributed by atoms with Gasteiger partial charge in [-0.2, -0.15) is 0 Å². The molecule has 0 heterocycles. The fourth-order valence-electron chi connectivity index (χ4n) is 8.26. The van der Waals surface area contributed by atoms with Crippen molar-refractivity contribution in [3.63, 3.8) is 0 Å². The molecule has 0 spiro atoms. The van der Waals surface area contributed by atoms with Gasteiger partial charge in [0, 0.05) is 19.3 Å². The lowest BCUT2D eigenvalue weighted by Crippen LogP contribution is -2.30. The van der Waals surface area contributed by atoms with Crippen LogP contribution in [0.5, 0.6) is 0 Å². The molecule has 0 aromatic heterocycles. The zero-order chi connectivity index (χ0) is 59.9. The zero-order valence-electron chi connectivity index (χ0n) is 52.9. The van der Waals surface area contributed by atoms with Crippen LogP contribution in [0.15, 0.2) is 194 Å². The monoisotopic (exact) mass is 1140 g/mol. The van der Waals surface area contributed by atoms with E-state index in [4.69, 9.17) is 14.2 Å². The van der Waals surface area contributed by atoms with E-state index < -0.39 is 6.10 Å². The van der Waals surface area contributed by atoms with Crippen LogP contribution >= 0.6 is 0 Å². The van der Waals surface area contributed by atoms with E-state index in [0.717, 1.165) is 193 Å². The van der Waals surface area contributed by atoms with E-state index in [9.17, 15) is 14.4 Å². The number of carbonyl (C=O) groups is 3. The molecule has 462 valence electrons. The molecule has 0 fully saturated rings. The third-order valence-electron chi connectivity index (χ3n) is 13.1. The average molecular weight is 1140 g/mol. The minimum Gasteiger partial charge on any atom is -0.462 e. The third kappa shape index (κ3) is 66.9. The second-order valence-corrected chi connectivity index (χ2v) is 20.9. The van der Waals surface area contributed by atoms with Crippen molar-refractivity contribution in [2.24, 2.45) is 0 Å². The number of hydrogen-bond donors (Lipinski definition) is 0. The molecule has 0 saturated heterocycles. The summed E-state index contributed by atoms with van der Waals surface area (Å²) in [7, 11) is 0. The predicted octanol–water partition coefficient (Wildman–Crippen LogP) is 23.0. The molecule has 0 aromatic carbocycles. The first-order chi connectivity index (χ1) is 41.0. The number of rotatable bonds is 57. The smallest absolute Gasteiger partial charge is 0.306 e. The number of carbonyl (C=O) groups excluding carboxylic acids is 3. The molecule has 0 radical (unpaired) electrons. The van der Waals surface area contributed by atoms with Crippen molar-refractivity contribution >= 4 is 17.9 Å². The Morgan fingerprint density at radius 1 is 0.241 bits per heavy atom. The van der Waals surface area contributed by atoms with Crippen molar-refractivity contribution in [1.82, 2.24) is 0 Å². The van der Waals surface area contributed by atoms with Crippen molar-refractivity contribution in [3.8, 4) is 0 Å². The third-order valence-corrected chi connectivity index (χ3v) is 13.1. The Morgan fingerprint density at radius 3 is 0.687 bits per heavy atom. The van der Waals surface area contributed by atoms with E-state index >= 15 is 0 Å². The highest BCUT2D eigenvalue weighted by Crippen LogP contribution is 2.14. The van der Waals surface area contributed by atoms with Crippen LogP contribution in [0.3, 0.4) is 0 Å². The molecule has 0 aliphatic heterocycles. The maximum atomic E-state index is 12.9. The van der Waals surface area contributed by atoms with Crippen LogP contribution in [-0.4, -0.2) is 37.2 Å². The molecule has 6 heteroatoms. The fraction of sp³-hybridized carbons (Fsp3) is 0.545. The molecule has 6 nitrogen and oxygen atoms in total. The second kappa shape index (κ2) is 68.7. The van der Waals surface area contributed by atoms with Crippen molar-refractivity contribution in [3.05, 3.63) is 194 Å². The molecule has 0 bridgehead atoms. The standard InChI is InChI=1S/C77H118O6/c1-4-7-10-13-16-19-22-25-28-31-33-35-37-38-40-41-43-46-49-52-55-58-61-64-67-70-76(79)82-73-74(72-81-75(78)69-66-63-60-57-54-51-48-45-30-27-24-21-18-15-12-9-6-3)83-77(80)71-68-65-62-59-56-53-50-47-44-42-39-36-34-32-29-26-23-20-17-14-11-8-5-2/h7-12,16-21,25-30,33-36,38,40,42-44,46,48,51-52,55,74H,4-6,13-15,22-24,31-32,37,39,41,45,47,49-50,53-54,56-73H2,1-3H3/b10-7-,11-8-,12-9-,19-16-,20-17-,21-18-,28-25-,29-26-,30-27-,35-33-,36-34-,40-38-,44-42-,46-43-,51-48-,55-52-. The lowest BCUT2D eigenvalue weighted by atomic mass is 10.1. The Hall–Kier alpha value is -5.75. The summed E-state index contributed by atoms with van der Waals surface area (Å²) in [6.45, 7) is 6.23. The Kier molecular flexibility index (Phi) is 64.0. The summed E-state index contributed by atoms with van der Waals surface area (Å²) < 4.78 is 16.9. The highest BCUT2D eigenvalue weighted by atomic mass is 16.6. The molecule has 0 aliphatic rings. The van der Waals surface area contributed by atoms with Gasteiger partial charge in [0.15, 0.2) is 6.10 Å². The normalized spacial score (nSPS) is 13.4. The summed E-state index contributed by atoms with van der Waals surface area (Å²) in [5, 5.41) is 0. The Balaban J connectivity index is 4.55. The molecule has 0 N–H and O–H groups in total. The van der Waals surface area contributed by atoms with E-state index in [1.165, 1.54) is 19.3 Å². The van der Waals surface area contributed by atoms with Crippen LogP contribution in [0.2, 0.25) is 0 Å². The highest BCUT2D eigenvalue weighted by molar-refractivity contribution is 5.71. The van der Waals surface area contributed by atoms with Gasteiger partial charge in [-0.05, 0) is 161 Å². The SMILES string of the molecule is CC/C=C\C/C=C\C/C=C\C/C=C\C/C=C\C/C=C\C/C=C\CCCCCC(=O)OCC(COC(=O)CCCCCC/C=C\C/C=C\C/C=C\C/C=C\CC)OC(=O)CCCCCCCCC/C=C\C/C=C\C/C=C\C/C=C\C/C=C\CC. The minimum atomic E-state index is -0.823. The second-order valence-electron chi connectivity index (χ2n) is 20.9. The summed E-state index contributed by atoms with van der Waals surface area (Å²) in [6.07, 6.45) is 104. The Morgan fingerprint density at radius 2 is 0.434 bits per heavy atom. The van der Waals surface area contributed by atoms with Gasteiger partial charge in [-0.25, -0.2) is 0 Å². The van der Waals surface area contributed by atoms with Crippen LogP contribution in [-0.2, 0) is 28.6 Å². The van der Waals surface area contributed by atoms with Crippen LogP contribution in [0, 0.1) is 0 Å². The van der Waals surface area contributed by atoms with Crippen LogP contribution < -0.4 is 0 Å². The average Bonchev–Trinajstić information content (AvgIpc) is 3.49. The topological polar surface area (TPSA) is 78.9 Å². The maximum absolute atomic E-state index is 12.9. The minimum absolute atomic E-state index is 0.117. The van der Waals surface area contributed by atoms with E-state index in [1.54, 1.807) is 0 Å². The van der Waals surface area contributed by atoms with Crippen molar-refractivity contribution in [2.45, 2.75) is 258 Å². The van der Waals surface area contributed by atoms with Crippen LogP contribution in [0.25, 0.3) is 0 Å². The maximum Gasteiger partial charge on any atom is 0.306 e. The van der Waals surface area contributed by atoms with Crippen LogP contribution in [0.4, 0.5) is 0 Å². The van der Waals surface area contributed by atoms with Gasteiger partial charge in [-0.3, -0.25) is 14.4 Å². The number of hydrogen-bond acceptors (Lipinski definition) is 6. The molecule has 0 aromatic rings. The van der Waals surface area contributed by atoms with Crippen molar-refractivity contribution in [1.29, 1.82) is 0 Å². The fourth-order valence-corrected chi connectivity index (χ4v) is 8.26. The summed E-state index contributed by atoms with van der Waals surface area (Å²) in [4.78, 5) is 38.4. The Labute approximate surface area is 509 Å². The zero-order valence-corrected chi connectivity index (χ0v) is 52.9. The first-order valence-corrected chi connectivity index (χ1v) is 32.9.